The van der Waals surface area contributed by atoms with Crippen LogP contribution < -0.4 is 10.1 Å². The zero-order valence-corrected chi connectivity index (χ0v) is 23.9. The molecule has 208 valence electrons. The fraction of sp³-hybridized carbons (Fsp3) is 0.333. The minimum Gasteiger partial charge on any atom is -0.494 e. The molecule has 0 radical (unpaired) electrons. The van der Waals surface area contributed by atoms with Crippen LogP contribution in [-0.4, -0.2) is 42.2 Å². The number of amides is 1. The molecule has 0 bridgehead atoms. The number of carbonyl (C=O) groups excluding carboxylic acids is 1. The van der Waals surface area contributed by atoms with Gasteiger partial charge in [-0.2, -0.15) is 0 Å². The lowest BCUT2D eigenvalue weighted by atomic mass is 9.81. The maximum atomic E-state index is 14.1. The van der Waals surface area contributed by atoms with Gasteiger partial charge in [-0.3, -0.25) is 4.79 Å². The second-order valence-electron chi connectivity index (χ2n) is 9.42. The molecule has 40 heavy (non-hydrogen) atoms. The van der Waals surface area contributed by atoms with Crippen LogP contribution in [0.25, 0.3) is 10.4 Å². The van der Waals surface area contributed by atoms with E-state index in [0.717, 1.165) is 22.9 Å². The lowest BCUT2D eigenvalue weighted by Crippen LogP contribution is -2.50. The molecule has 3 aromatic carbocycles. The van der Waals surface area contributed by atoms with Crippen LogP contribution in [0.3, 0.4) is 0 Å². The van der Waals surface area contributed by atoms with Gasteiger partial charge in [0.1, 0.15) is 5.75 Å². The van der Waals surface area contributed by atoms with E-state index in [-0.39, 0.29) is 18.9 Å². The maximum absolute atomic E-state index is 14.1. The number of carbonyl (C=O) groups is 1. The molecular weight excluding hydrogens is 574 g/mol. The highest BCUT2D eigenvalue weighted by atomic mass is 79.9. The Morgan fingerprint density at radius 1 is 1.15 bits per heavy atom. The van der Waals surface area contributed by atoms with E-state index in [2.05, 4.69) is 38.2 Å². The predicted octanol–water partition coefficient (Wildman–Crippen LogP) is 6.57. The first-order valence-electron chi connectivity index (χ1n) is 13.3. The first-order valence-corrected chi connectivity index (χ1v) is 14.1. The van der Waals surface area contributed by atoms with Crippen molar-refractivity contribution in [2.24, 2.45) is 10.1 Å². The zero-order valence-electron chi connectivity index (χ0n) is 22.3. The normalized spacial score (nSPS) is 17.9. The summed E-state index contributed by atoms with van der Waals surface area (Å²) in [4.78, 5) is 22.2. The van der Waals surface area contributed by atoms with Crippen LogP contribution in [0.5, 0.6) is 5.75 Å². The minimum atomic E-state index is -1.38. The number of nitrogens with zero attached hydrogens (tertiary/aromatic N) is 4. The quantitative estimate of drug-likeness (QED) is 0.0987. The number of hydrogen-bond acceptors (Lipinski definition) is 6. The molecule has 10 heteroatoms. The van der Waals surface area contributed by atoms with Gasteiger partial charge >= 0.3 is 0 Å². The fourth-order valence-electron chi connectivity index (χ4n) is 4.57. The summed E-state index contributed by atoms with van der Waals surface area (Å²) in [5.74, 6) is 0.689. The van der Waals surface area contributed by atoms with Gasteiger partial charge in [-0.25, -0.2) is 4.99 Å². The van der Waals surface area contributed by atoms with Crippen molar-refractivity contribution in [1.29, 1.82) is 0 Å². The highest BCUT2D eigenvalue weighted by molar-refractivity contribution is 9.10. The fourth-order valence-corrected chi connectivity index (χ4v) is 5.00. The number of ether oxygens (including phenoxy) is 2. The Kier molecular flexibility index (Phi) is 10.2. The summed E-state index contributed by atoms with van der Waals surface area (Å²) in [7, 11) is 0. The van der Waals surface area contributed by atoms with Gasteiger partial charge in [0.25, 0.3) is 5.91 Å². The Balaban J connectivity index is 1.83. The summed E-state index contributed by atoms with van der Waals surface area (Å²) in [5.41, 5.74) is 10.4. The average molecular weight is 607 g/mol. The van der Waals surface area contributed by atoms with Crippen LogP contribution in [0.1, 0.15) is 49.0 Å². The molecule has 0 unspecified atom stereocenters. The standard InChI is InChI=1S/C30H32BrN5O4/c1-2-3-17-33-29(38)30(20-22-9-4-6-11-25(22)31)27(24-10-5-7-12-26(24)35-36-32)40-28(34-30)21-13-15-23(16-14-21)39-19-8-18-37/h4-7,9-16,27,37H,2-3,8,17-20H2,1H3,(H,33,38)/t27-,30-/m1/s1. The van der Waals surface area contributed by atoms with Crippen LogP contribution in [0.15, 0.2) is 87.4 Å². The van der Waals surface area contributed by atoms with Crippen molar-refractivity contribution < 1.29 is 19.4 Å². The van der Waals surface area contributed by atoms with Gasteiger partial charge in [0.2, 0.25) is 5.90 Å². The van der Waals surface area contributed by atoms with Crippen molar-refractivity contribution in [1.82, 2.24) is 5.32 Å². The van der Waals surface area contributed by atoms with Crippen LogP contribution >= 0.6 is 15.9 Å². The van der Waals surface area contributed by atoms with Gasteiger partial charge in [0.15, 0.2) is 11.6 Å². The molecule has 0 aliphatic carbocycles. The lowest BCUT2D eigenvalue weighted by Gasteiger charge is -2.31. The number of aliphatic hydroxyl groups excluding tert-OH is 1. The van der Waals surface area contributed by atoms with E-state index in [1.165, 1.54) is 0 Å². The van der Waals surface area contributed by atoms with Crippen LogP contribution in [0, 0.1) is 0 Å². The summed E-state index contributed by atoms with van der Waals surface area (Å²) in [5, 5.41) is 16.0. The topological polar surface area (TPSA) is 129 Å². The SMILES string of the molecule is CCCCNC(=O)[C@]1(Cc2ccccc2Br)N=C(c2ccc(OCCCO)cc2)O[C@@H]1c1ccccc1N=[N+]=[N-]. The molecule has 0 spiro atoms. The number of aliphatic hydroxyl groups is 1. The third-order valence-corrected chi connectivity index (χ3v) is 7.41. The molecule has 0 fully saturated rings. The number of azide groups is 1. The number of hydrogen-bond donors (Lipinski definition) is 2. The van der Waals surface area contributed by atoms with Crippen molar-refractivity contribution in [2.75, 3.05) is 19.8 Å². The highest BCUT2D eigenvalue weighted by Gasteiger charge is 2.54. The molecule has 1 aliphatic rings. The van der Waals surface area contributed by atoms with Crippen molar-refractivity contribution in [3.05, 3.63) is 104 Å². The Labute approximate surface area is 242 Å². The van der Waals surface area contributed by atoms with Crippen LogP contribution in [0.2, 0.25) is 0 Å². The van der Waals surface area contributed by atoms with Gasteiger partial charge in [0.05, 0.1) is 6.61 Å². The van der Waals surface area contributed by atoms with Crippen molar-refractivity contribution in [3.8, 4) is 5.75 Å². The maximum Gasteiger partial charge on any atom is 0.252 e. The van der Waals surface area contributed by atoms with Gasteiger partial charge in [-0.1, -0.05) is 76.9 Å². The van der Waals surface area contributed by atoms with Crippen LogP contribution in [-0.2, 0) is 16.0 Å². The predicted molar refractivity (Wildman–Crippen MR) is 158 cm³/mol. The van der Waals surface area contributed by atoms with Gasteiger partial charge < -0.3 is 19.9 Å². The number of rotatable bonds is 13. The Morgan fingerprint density at radius 3 is 2.62 bits per heavy atom. The zero-order chi connectivity index (χ0) is 28.4. The van der Waals surface area contributed by atoms with Crippen molar-refractivity contribution >= 4 is 33.4 Å². The largest absolute Gasteiger partial charge is 0.494 e. The van der Waals surface area contributed by atoms with E-state index in [0.29, 0.717) is 48.0 Å². The van der Waals surface area contributed by atoms with Gasteiger partial charge in [0, 0.05) is 52.2 Å². The number of aliphatic imine (C=N–C) groups is 1. The summed E-state index contributed by atoms with van der Waals surface area (Å²) in [6.45, 7) is 3.02. The smallest absolute Gasteiger partial charge is 0.252 e. The van der Waals surface area contributed by atoms with E-state index < -0.39 is 11.6 Å². The lowest BCUT2D eigenvalue weighted by molar-refractivity contribution is -0.128. The van der Waals surface area contributed by atoms with Gasteiger partial charge in [-0.15, -0.1) is 0 Å². The third kappa shape index (κ3) is 6.65. The average Bonchev–Trinajstić information content (AvgIpc) is 3.35. The molecule has 0 aromatic heterocycles. The number of benzene rings is 3. The second kappa shape index (κ2) is 14.0. The molecular formula is C30H32BrN5O4. The third-order valence-electron chi connectivity index (χ3n) is 6.64. The summed E-state index contributed by atoms with van der Waals surface area (Å²) < 4.78 is 13.1. The number of unbranched alkanes of at least 4 members (excludes halogenated alkanes) is 1. The minimum absolute atomic E-state index is 0.0569. The molecule has 9 nitrogen and oxygen atoms in total. The summed E-state index contributed by atoms with van der Waals surface area (Å²) in [6, 6.07) is 22.1. The van der Waals surface area contributed by atoms with Crippen LogP contribution in [0.4, 0.5) is 5.69 Å². The molecule has 4 rings (SSSR count). The first kappa shape index (κ1) is 29.1. The first-order chi connectivity index (χ1) is 19.5. The van der Waals surface area contributed by atoms with E-state index in [1.807, 2.05) is 42.5 Å². The van der Waals surface area contributed by atoms with E-state index in [9.17, 15) is 10.3 Å². The summed E-state index contributed by atoms with van der Waals surface area (Å²) in [6.07, 6.45) is 1.67. The molecule has 0 saturated carbocycles. The van der Waals surface area contributed by atoms with Crippen molar-refractivity contribution in [2.45, 2.75) is 44.2 Å². The Morgan fingerprint density at radius 2 is 1.90 bits per heavy atom. The molecule has 0 saturated heterocycles. The molecule has 2 N–H and O–H groups in total. The summed E-state index contributed by atoms with van der Waals surface area (Å²) >= 11 is 3.63. The molecule has 1 heterocycles. The Bertz CT molecular complexity index is 1390. The number of halogens is 1. The van der Waals surface area contributed by atoms with Gasteiger partial charge in [-0.05, 0) is 47.8 Å². The molecule has 1 aliphatic heterocycles. The molecule has 1 amide bonds. The monoisotopic (exact) mass is 605 g/mol. The van der Waals surface area contributed by atoms with E-state index in [4.69, 9.17) is 19.6 Å². The Hall–Kier alpha value is -3.85. The van der Waals surface area contributed by atoms with E-state index in [1.54, 1.807) is 30.3 Å². The molecule has 2 atom stereocenters. The second-order valence-corrected chi connectivity index (χ2v) is 10.3. The molecule has 3 aromatic rings. The highest BCUT2D eigenvalue weighted by Crippen LogP contribution is 2.46. The van der Waals surface area contributed by atoms with E-state index >= 15 is 0 Å². The van der Waals surface area contributed by atoms with Crippen molar-refractivity contribution in [3.63, 3.8) is 0 Å². The number of nitrogens with one attached hydrogen (secondary N) is 1.